The second-order valence-electron chi connectivity index (χ2n) is 5.20. The zero-order valence-electron chi connectivity index (χ0n) is 11.3. The first-order valence-corrected chi connectivity index (χ1v) is 7.73. The number of hydrogen-bond donors (Lipinski definition) is 3. The lowest BCUT2D eigenvalue weighted by molar-refractivity contribution is 0.0725. The van der Waals surface area contributed by atoms with E-state index in [1.165, 1.54) is 11.1 Å². The van der Waals surface area contributed by atoms with Gasteiger partial charge in [0.25, 0.3) is 5.91 Å². The second-order valence-corrected chi connectivity index (χ2v) is 6.07. The predicted molar refractivity (Wildman–Crippen MR) is 78.3 cm³/mol. The van der Waals surface area contributed by atoms with E-state index in [0.717, 1.165) is 13.1 Å². The van der Waals surface area contributed by atoms with Crippen molar-refractivity contribution in [2.45, 2.75) is 25.6 Å². The highest BCUT2D eigenvalue weighted by Gasteiger charge is 2.21. The van der Waals surface area contributed by atoms with Crippen LogP contribution in [0.3, 0.4) is 0 Å². The van der Waals surface area contributed by atoms with Crippen molar-refractivity contribution in [3.8, 4) is 0 Å². The molecule has 104 valence electrons. The minimum atomic E-state index is -0.868. The summed E-state index contributed by atoms with van der Waals surface area (Å²) in [5.74, 6) is 0.470. The quantitative estimate of drug-likeness (QED) is 0.757. The number of fused-ring (bicyclic) bond motifs is 1. The van der Waals surface area contributed by atoms with E-state index in [4.69, 9.17) is 0 Å². The topological polar surface area (TPSA) is 61.4 Å². The molecule has 1 aromatic rings. The summed E-state index contributed by atoms with van der Waals surface area (Å²) in [7, 11) is 0. The maximum atomic E-state index is 12.0. The average molecular weight is 280 g/mol. The van der Waals surface area contributed by atoms with Crippen molar-refractivity contribution in [1.82, 2.24) is 10.6 Å². The van der Waals surface area contributed by atoms with Crippen molar-refractivity contribution < 1.29 is 9.90 Å². The van der Waals surface area contributed by atoms with E-state index in [2.05, 4.69) is 10.6 Å². The molecule has 2 rings (SSSR count). The monoisotopic (exact) mass is 280 g/mol. The Morgan fingerprint density at radius 3 is 2.95 bits per heavy atom. The highest BCUT2D eigenvalue weighted by molar-refractivity contribution is 7.98. The van der Waals surface area contributed by atoms with Gasteiger partial charge in [0.05, 0.1) is 5.60 Å². The molecular formula is C14H20N2O2S. The molecule has 1 aliphatic rings. The van der Waals surface area contributed by atoms with Gasteiger partial charge in [0.2, 0.25) is 0 Å². The van der Waals surface area contributed by atoms with Gasteiger partial charge >= 0.3 is 0 Å². The van der Waals surface area contributed by atoms with Crippen molar-refractivity contribution in [2.75, 3.05) is 18.6 Å². The van der Waals surface area contributed by atoms with Crippen molar-refractivity contribution >= 4 is 17.7 Å². The lowest BCUT2D eigenvalue weighted by Gasteiger charge is -2.22. The fraction of sp³-hybridized carbons (Fsp3) is 0.500. The fourth-order valence-corrected chi connectivity index (χ4v) is 2.89. The van der Waals surface area contributed by atoms with Gasteiger partial charge < -0.3 is 15.7 Å². The molecule has 1 amide bonds. The van der Waals surface area contributed by atoms with Crippen molar-refractivity contribution in [2.24, 2.45) is 0 Å². The third-order valence-corrected chi connectivity index (χ3v) is 4.09. The first-order valence-electron chi connectivity index (χ1n) is 6.34. The predicted octanol–water partition coefficient (Wildman–Crippen LogP) is 1.13. The van der Waals surface area contributed by atoms with Crippen LogP contribution in [0.4, 0.5) is 0 Å². The number of thioether (sulfide) groups is 1. The highest BCUT2D eigenvalue weighted by atomic mass is 32.2. The molecular weight excluding hydrogens is 260 g/mol. The van der Waals surface area contributed by atoms with E-state index in [0.29, 0.717) is 11.3 Å². The standard InChI is InChI=1S/C14H20N2O2S/c1-14(18,9-19-2)8-16-13(17)10-3-4-11-6-15-7-12(11)5-10/h3-5,15,18H,6-9H2,1-2H3,(H,16,17). The molecule has 1 unspecified atom stereocenters. The normalized spacial score (nSPS) is 16.8. The summed E-state index contributed by atoms with van der Waals surface area (Å²) in [6.07, 6.45) is 1.93. The minimum absolute atomic E-state index is 0.129. The molecule has 19 heavy (non-hydrogen) atoms. The van der Waals surface area contributed by atoms with Crippen LogP contribution in [0, 0.1) is 0 Å². The molecule has 1 aliphatic heterocycles. The number of carbonyl (C=O) groups excluding carboxylic acids is 1. The van der Waals surface area contributed by atoms with Gasteiger partial charge in [-0.2, -0.15) is 11.8 Å². The van der Waals surface area contributed by atoms with E-state index in [1.807, 2.05) is 24.5 Å². The molecule has 5 heteroatoms. The summed E-state index contributed by atoms with van der Waals surface area (Å²) < 4.78 is 0. The lowest BCUT2D eigenvalue weighted by Crippen LogP contribution is -2.42. The SMILES string of the molecule is CSCC(C)(O)CNC(=O)c1ccc2c(c1)CNC2. The number of benzene rings is 1. The molecule has 4 nitrogen and oxygen atoms in total. The van der Waals surface area contributed by atoms with Gasteiger partial charge in [-0.05, 0) is 36.4 Å². The molecule has 1 aromatic carbocycles. The molecule has 0 saturated heterocycles. The summed E-state index contributed by atoms with van der Waals surface area (Å²) in [6.45, 7) is 3.69. The molecule has 3 N–H and O–H groups in total. The average Bonchev–Trinajstić information content (AvgIpc) is 2.83. The van der Waals surface area contributed by atoms with Crippen LogP contribution in [0.15, 0.2) is 18.2 Å². The van der Waals surface area contributed by atoms with Gasteiger partial charge in [-0.15, -0.1) is 0 Å². The number of nitrogens with one attached hydrogen (secondary N) is 2. The first kappa shape index (κ1) is 14.4. The Morgan fingerprint density at radius 2 is 2.21 bits per heavy atom. The van der Waals surface area contributed by atoms with Gasteiger partial charge in [-0.1, -0.05) is 6.07 Å². The molecule has 0 aromatic heterocycles. The van der Waals surface area contributed by atoms with E-state index >= 15 is 0 Å². The van der Waals surface area contributed by atoms with E-state index in [1.54, 1.807) is 18.7 Å². The number of aliphatic hydroxyl groups is 1. The molecule has 0 saturated carbocycles. The van der Waals surface area contributed by atoms with Crippen LogP contribution >= 0.6 is 11.8 Å². The summed E-state index contributed by atoms with van der Waals surface area (Å²) in [6, 6.07) is 5.75. The smallest absolute Gasteiger partial charge is 0.251 e. The Hall–Kier alpha value is -1.04. The largest absolute Gasteiger partial charge is 0.387 e. The third kappa shape index (κ3) is 3.72. The summed E-state index contributed by atoms with van der Waals surface area (Å²) >= 11 is 1.56. The number of amides is 1. The zero-order valence-corrected chi connectivity index (χ0v) is 12.1. The Labute approximate surface area is 118 Å². The first-order chi connectivity index (χ1) is 9.02. The highest BCUT2D eigenvalue weighted by Crippen LogP contribution is 2.17. The number of carbonyl (C=O) groups is 1. The maximum Gasteiger partial charge on any atom is 0.251 e. The van der Waals surface area contributed by atoms with Crippen LogP contribution in [0.1, 0.15) is 28.4 Å². The van der Waals surface area contributed by atoms with Crippen molar-refractivity contribution in [1.29, 1.82) is 0 Å². The Morgan fingerprint density at radius 1 is 1.47 bits per heavy atom. The summed E-state index contributed by atoms with van der Waals surface area (Å²) in [4.78, 5) is 12.0. The van der Waals surface area contributed by atoms with Crippen LogP contribution in [0.5, 0.6) is 0 Å². The minimum Gasteiger partial charge on any atom is -0.387 e. The van der Waals surface area contributed by atoms with Crippen LogP contribution < -0.4 is 10.6 Å². The van der Waals surface area contributed by atoms with Gasteiger partial charge in [0, 0.05) is 31.0 Å². The summed E-state index contributed by atoms with van der Waals surface area (Å²) in [5.41, 5.74) is 2.23. The van der Waals surface area contributed by atoms with Crippen LogP contribution in [-0.2, 0) is 13.1 Å². The second kappa shape index (κ2) is 5.94. The molecule has 0 bridgehead atoms. The van der Waals surface area contributed by atoms with Crippen LogP contribution in [-0.4, -0.2) is 35.2 Å². The molecule has 0 spiro atoms. The molecule has 0 aliphatic carbocycles. The van der Waals surface area contributed by atoms with Gasteiger partial charge in [-0.25, -0.2) is 0 Å². The van der Waals surface area contributed by atoms with Gasteiger partial charge in [0.15, 0.2) is 0 Å². The number of hydrogen-bond acceptors (Lipinski definition) is 4. The third-order valence-electron chi connectivity index (χ3n) is 3.18. The van der Waals surface area contributed by atoms with E-state index in [9.17, 15) is 9.90 Å². The fourth-order valence-electron chi connectivity index (χ4n) is 2.17. The Bertz CT molecular complexity index is 475. The van der Waals surface area contributed by atoms with Crippen LogP contribution in [0.25, 0.3) is 0 Å². The van der Waals surface area contributed by atoms with Crippen molar-refractivity contribution in [3.63, 3.8) is 0 Å². The molecule has 1 atom stereocenters. The summed E-state index contributed by atoms with van der Waals surface area (Å²) in [5, 5.41) is 16.1. The van der Waals surface area contributed by atoms with Gasteiger partial charge in [0.1, 0.15) is 0 Å². The molecule has 1 heterocycles. The maximum absolute atomic E-state index is 12.0. The van der Waals surface area contributed by atoms with E-state index in [-0.39, 0.29) is 12.5 Å². The molecule has 0 fully saturated rings. The lowest BCUT2D eigenvalue weighted by atomic mass is 10.1. The Balaban J connectivity index is 1.97. The Kier molecular flexibility index (Phi) is 4.50. The van der Waals surface area contributed by atoms with Crippen molar-refractivity contribution in [3.05, 3.63) is 34.9 Å². The van der Waals surface area contributed by atoms with Gasteiger partial charge in [-0.3, -0.25) is 4.79 Å². The number of rotatable bonds is 5. The van der Waals surface area contributed by atoms with Crippen LogP contribution in [0.2, 0.25) is 0 Å². The van der Waals surface area contributed by atoms with E-state index < -0.39 is 5.60 Å². The zero-order chi connectivity index (χ0) is 13.9. The molecule has 0 radical (unpaired) electrons.